The number of halogens is 2. The van der Waals surface area contributed by atoms with Gasteiger partial charge >= 0.3 is 0 Å². The van der Waals surface area contributed by atoms with E-state index < -0.39 is 0 Å². The minimum Gasteiger partial charge on any atom is -0.310 e. The lowest BCUT2D eigenvalue weighted by Gasteiger charge is -2.15. The molecule has 0 aliphatic carbocycles. The second-order valence-electron chi connectivity index (χ2n) is 4.05. The van der Waals surface area contributed by atoms with E-state index in [9.17, 15) is 4.39 Å². The lowest BCUT2D eigenvalue weighted by Crippen LogP contribution is -2.20. The van der Waals surface area contributed by atoms with Crippen molar-refractivity contribution >= 4 is 15.9 Å². The zero-order valence-corrected chi connectivity index (χ0v) is 11.5. The number of unbranched alkanes of at least 4 members (excludes halogenated alkanes) is 2. The van der Waals surface area contributed by atoms with Crippen LogP contribution in [0.25, 0.3) is 0 Å². The van der Waals surface area contributed by atoms with Gasteiger partial charge in [0.15, 0.2) is 0 Å². The van der Waals surface area contributed by atoms with Crippen LogP contribution in [0.15, 0.2) is 22.7 Å². The normalized spacial score (nSPS) is 12.8. The average Bonchev–Trinajstić information content (AvgIpc) is 2.24. The SMILES string of the molecule is CCCCCNC(C)c1ccc(Br)cc1F. The molecular weight excluding hydrogens is 269 g/mol. The van der Waals surface area contributed by atoms with Gasteiger partial charge < -0.3 is 5.32 Å². The number of hydrogen-bond donors (Lipinski definition) is 1. The van der Waals surface area contributed by atoms with Crippen LogP contribution in [0.2, 0.25) is 0 Å². The van der Waals surface area contributed by atoms with Crippen LogP contribution in [0.4, 0.5) is 4.39 Å². The molecule has 0 bridgehead atoms. The Balaban J connectivity index is 2.49. The minimum atomic E-state index is -0.148. The van der Waals surface area contributed by atoms with Crippen LogP contribution in [-0.4, -0.2) is 6.54 Å². The Morgan fingerprint density at radius 1 is 1.38 bits per heavy atom. The zero-order valence-electron chi connectivity index (χ0n) is 9.89. The lowest BCUT2D eigenvalue weighted by atomic mass is 10.1. The Kier molecular flexibility index (Phi) is 5.99. The van der Waals surface area contributed by atoms with Gasteiger partial charge in [-0.2, -0.15) is 0 Å². The molecule has 1 rings (SSSR count). The highest BCUT2D eigenvalue weighted by atomic mass is 79.9. The Morgan fingerprint density at radius 2 is 2.12 bits per heavy atom. The second-order valence-corrected chi connectivity index (χ2v) is 4.96. The summed E-state index contributed by atoms with van der Waals surface area (Å²) in [7, 11) is 0. The summed E-state index contributed by atoms with van der Waals surface area (Å²) in [6.07, 6.45) is 3.59. The van der Waals surface area contributed by atoms with E-state index in [-0.39, 0.29) is 11.9 Å². The van der Waals surface area contributed by atoms with Crippen LogP contribution >= 0.6 is 15.9 Å². The average molecular weight is 288 g/mol. The maximum atomic E-state index is 13.6. The van der Waals surface area contributed by atoms with E-state index in [2.05, 4.69) is 28.2 Å². The highest BCUT2D eigenvalue weighted by Gasteiger charge is 2.09. The number of nitrogens with one attached hydrogen (secondary N) is 1. The minimum absolute atomic E-state index is 0.0740. The van der Waals surface area contributed by atoms with Gasteiger partial charge in [0.1, 0.15) is 5.82 Å². The van der Waals surface area contributed by atoms with E-state index in [0.717, 1.165) is 23.0 Å². The van der Waals surface area contributed by atoms with Crippen LogP contribution in [0.1, 0.15) is 44.7 Å². The molecule has 1 nitrogen and oxygen atoms in total. The van der Waals surface area contributed by atoms with Crippen LogP contribution in [0.3, 0.4) is 0 Å². The standard InChI is InChI=1S/C13H19BrFN/c1-3-4-5-8-16-10(2)12-7-6-11(14)9-13(12)15/h6-7,9-10,16H,3-5,8H2,1-2H3. The highest BCUT2D eigenvalue weighted by molar-refractivity contribution is 9.10. The van der Waals surface area contributed by atoms with E-state index in [1.54, 1.807) is 0 Å². The Labute approximate surface area is 106 Å². The van der Waals surface area contributed by atoms with Crippen molar-refractivity contribution in [3.8, 4) is 0 Å². The largest absolute Gasteiger partial charge is 0.310 e. The van der Waals surface area contributed by atoms with Crippen molar-refractivity contribution in [2.75, 3.05) is 6.54 Å². The molecule has 0 aliphatic rings. The monoisotopic (exact) mass is 287 g/mol. The van der Waals surface area contributed by atoms with E-state index in [4.69, 9.17) is 0 Å². The van der Waals surface area contributed by atoms with Gasteiger partial charge in [-0.3, -0.25) is 0 Å². The van der Waals surface area contributed by atoms with Gasteiger partial charge in [-0.15, -0.1) is 0 Å². The summed E-state index contributed by atoms with van der Waals surface area (Å²) in [6.45, 7) is 5.13. The molecule has 0 amide bonds. The molecule has 1 unspecified atom stereocenters. The van der Waals surface area contributed by atoms with Crippen LogP contribution < -0.4 is 5.32 Å². The smallest absolute Gasteiger partial charge is 0.129 e. The Hall–Kier alpha value is -0.410. The fourth-order valence-corrected chi connectivity index (χ4v) is 1.99. The van der Waals surface area contributed by atoms with Gasteiger partial charge in [-0.25, -0.2) is 4.39 Å². The first-order chi connectivity index (χ1) is 7.65. The molecule has 3 heteroatoms. The van der Waals surface area contributed by atoms with Crippen molar-refractivity contribution in [2.45, 2.75) is 39.2 Å². The fraction of sp³-hybridized carbons (Fsp3) is 0.538. The zero-order chi connectivity index (χ0) is 12.0. The van der Waals surface area contributed by atoms with Crippen molar-refractivity contribution in [1.82, 2.24) is 5.32 Å². The molecule has 0 saturated carbocycles. The summed E-state index contributed by atoms with van der Waals surface area (Å²) >= 11 is 3.26. The number of hydrogen-bond acceptors (Lipinski definition) is 1. The summed E-state index contributed by atoms with van der Waals surface area (Å²) in [5, 5.41) is 3.34. The fourth-order valence-electron chi connectivity index (χ4n) is 1.66. The molecule has 0 radical (unpaired) electrons. The number of rotatable bonds is 6. The first-order valence-corrected chi connectivity index (χ1v) is 6.62. The van der Waals surface area contributed by atoms with Gasteiger partial charge in [0.25, 0.3) is 0 Å². The van der Waals surface area contributed by atoms with E-state index in [1.165, 1.54) is 18.9 Å². The summed E-state index contributed by atoms with van der Waals surface area (Å²) in [4.78, 5) is 0. The molecular formula is C13H19BrFN. The molecule has 1 aromatic rings. The van der Waals surface area contributed by atoms with E-state index >= 15 is 0 Å². The second kappa shape index (κ2) is 7.02. The van der Waals surface area contributed by atoms with Crippen molar-refractivity contribution in [1.29, 1.82) is 0 Å². The quantitative estimate of drug-likeness (QED) is 0.764. The molecule has 1 aromatic carbocycles. The highest BCUT2D eigenvalue weighted by Crippen LogP contribution is 2.20. The third-order valence-corrected chi connectivity index (χ3v) is 3.15. The third-order valence-electron chi connectivity index (χ3n) is 2.66. The predicted octanol–water partition coefficient (Wildman–Crippen LogP) is 4.43. The van der Waals surface area contributed by atoms with E-state index in [1.807, 2.05) is 19.1 Å². The summed E-state index contributed by atoms with van der Waals surface area (Å²) in [6, 6.07) is 5.30. The van der Waals surface area contributed by atoms with Crippen molar-refractivity contribution in [2.24, 2.45) is 0 Å². The van der Waals surface area contributed by atoms with Gasteiger partial charge in [-0.05, 0) is 32.0 Å². The maximum Gasteiger partial charge on any atom is 0.129 e. The Morgan fingerprint density at radius 3 is 2.75 bits per heavy atom. The van der Waals surface area contributed by atoms with Crippen molar-refractivity contribution in [3.63, 3.8) is 0 Å². The molecule has 16 heavy (non-hydrogen) atoms. The molecule has 1 N–H and O–H groups in total. The van der Waals surface area contributed by atoms with Crippen molar-refractivity contribution < 1.29 is 4.39 Å². The maximum absolute atomic E-state index is 13.6. The first kappa shape index (κ1) is 13.7. The van der Waals surface area contributed by atoms with Gasteiger partial charge in [0.2, 0.25) is 0 Å². The van der Waals surface area contributed by atoms with Gasteiger partial charge in [0, 0.05) is 16.1 Å². The van der Waals surface area contributed by atoms with Crippen molar-refractivity contribution in [3.05, 3.63) is 34.1 Å². The molecule has 0 saturated heterocycles. The molecule has 0 heterocycles. The molecule has 0 fully saturated rings. The molecule has 0 aliphatic heterocycles. The van der Waals surface area contributed by atoms with Gasteiger partial charge in [-0.1, -0.05) is 41.8 Å². The summed E-state index contributed by atoms with van der Waals surface area (Å²) < 4.78 is 14.4. The lowest BCUT2D eigenvalue weighted by molar-refractivity contribution is 0.513. The van der Waals surface area contributed by atoms with Crippen LogP contribution in [0.5, 0.6) is 0 Å². The first-order valence-electron chi connectivity index (χ1n) is 5.83. The topological polar surface area (TPSA) is 12.0 Å². The molecule has 0 spiro atoms. The van der Waals surface area contributed by atoms with Crippen LogP contribution in [-0.2, 0) is 0 Å². The molecule has 90 valence electrons. The predicted molar refractivity (Wildman–Crippen MR) is 70.0 cm³/mol. The number of benzene rings is 1. The van der Waals surface area contributed by atoms with Crippen LogP contribution in [0, 0.1) is 5.82 Å². The molecule has 0 aromatic heterocycles. The van der Waals surface area contributed by atoms with E-state index in [0.29, 0.717) is 0 Å². The summed E-state index contributed by atoms with van der Waals surface area (Å²) in [5.41, 5.74) is 0.736. The Bertz CT molecular complexity index is 328. The third kappa shape index (κ3) is 4.22. The molecule has 1 atom stereocenters. The summed E-state index contributed by atoms with van der Waals surface area (Å²) in [5.74, 6) is -0.148. The van der Waals surface area contributed by atoms with Gasteiger partial charge in [0.05, 0.1) is 0 Å².